The third kappa shape index (κ3) is 2.73. The van der Waals surface area contributed by atoms with Crippen LogP contribution in [0, 0.1) is 5.82 Å². The molecule has 1 aromatic rings. The summed E-state index contributed by atoms with van der Waals surface area (Å²) < 4.78 is 13.4. The van der Waals surface area contributed by atoms with E-state index in [2.05, 4.69) is 5.32 Å². The highest BCUT2D eigenvalue weighted by Crippen LogP contribution is 2.22. The summed E-state index contributed by atoms with van der Waals surface area (Å²) in [5.41, 5.74) is 0.494. The number of hydrogen-bond donors (Lipinski definition) is 2. The number of para-hydroxylation sites is 1. The van der Waals surface area contributed by atoms with Crippen molar-refractivity contribution in [3.05, 3.63) is 30.1 Å². The molecule has 0 saturated heterocycles. The van der Waals surface area contributed by atoms with Gasteiger partial charge in [0.15, 0.2) is 0 Å². The highest BCUT2D eigenvalue weighted by atomic mass is 19.1. The topological polar surface area (TPSA) is 32.3 Å². The Kier molecular flexibility index (Phi) is 3.78. The molecule has 1 aromatic carbocycles. The molecule has 0 bridgehead atoms. The second kappa shape index (κ2) is 5.30. The fraction of sp³-hybridized carbons (Fsp3) is 0.538. The fourth-order valence-electron chi connectivity index (χ4n) is 2.23. The van der Waals surface area contributed by atoms with Crippen LogP contribution in [0.25, 0.3) is 0 Å². The Hall–Kier alpha value is -1.09. The third-order valence-corrected chi connectivity index (χ3v) is 3.19. The zero-order valence-electron chi connectivity index (χ0n) is 9.32. The molecular weight excluding hydrogens is 205 g/mol. The molecule has 0 spiro atoms. The Morgan fingerprint density at radius 1 is 1.12 bits per heavy atom. The minimum atomic E-state index is -0.359. The molecule has 2 unspecified atom stereocenters. The van der Waals surface area contributed by atoms with Gasteiger partial charge >= 0.3 is 0 Å². The van der Waals surface area contributed by atoms with Gasteiger partial charge in [0, 0.05) is 0 Å². The zero-order valence-corrected chi connectivity index (χ0v) is 9.32. The zero-order chi connectivity index (χ0) is 11.4. The Labute approximate surface area is 95.5 Å². The molecule has 2 nitrogen and oxygen atoms in total. The highest BCUT2D eigenvalue weighted by molar-refractivity contribution is 5.45. The average Bonchev–Trinajstić information content (AvgIpc) is 2.48. The summed E-state index contributed by atoms with van der Waals surface area (Å²) in [5.74, 6) is -0.251. The van der Waals surface area contributed by atoms with E-state index in [0.717, 1.165) is 32.1 Å². The molecule has 0 heterocycles. The van der Waals surface area contributed by atoms with Crippen molar-refractivity contribution in [2.45, 2.75) is 44.2 Å². The van der Waals surface area contributed by atoms with Crippen LogP contribution in [0.2, 0.25) is 0 Å². The van der Waals surface area contributed by atoms with Crippen molar-refractivity contribution in [1.29, 1.82) is 0 Å². The van der Waals surface area contributed by atoms with Gasteiger partial charge in [0.1, 0.15) is 5.82 Å². The van der Waals surface area contributed by atoms with Crippen molar-refractivity contribution in [2.24, 2.45) is 0 Å². The molecule has 0 aliphatic heterocycles. The first-order valence-electron chi connectivity index (χ1n) is 5.96. The molecule has 1 aliphatic rings. The number of aliphatic hydroxyl groups is 1. The predicted octanol–water partition coefficient (Wildman–Crippen LogP) is 2.93. The number of halogens is 1. The Morgan fingerprint density at radius 3 is 2.69 bits per heavy atom. The molecule has 1 aliphatic carbocycles. The largest absolute Gasteiger partial charge is 0.391 e. The Balaban J connectivity index is 2.05. The highest BCUT2D eigenvalue weighted by Gasteiger charge is 2.21. The first-order chi connectivity index (χ1) is 7.77. The van der Waals surface area contributed by atoms with Crippen molar-refractivity contribution >= 4 is 5.69 Å². The van der Waals surface area contributed by atoms with E-state index in [-0.39, 0.29) is 18.0 Å². The monoisotopic (exact) mass is 223 g/mol. The smallest absolute Gasteiger partial charge is 0.146 e. The van der Waals surface area contributed by atoms with Crippen LogP contribution in [0.5, 0.6) is 0 Å². The maximum atomic E-state index is 13.4. The maximum absolute atomic E-state index is 13.4. The molecule has 1 saturated carbocycles. The normalized spacial score (nSPS) is 26.1. The van der Waals surface area contributed by atoms with Gasteiger partial charge < -0.3 is 10.4 Å². The van der Waals surface area contributed by atoms with E-state index in [9.17, 15) is 9.50 Å². The predicted molar refractivity (Wildman–Crippen MR) is 62.9 cm³/mol. The Morgan fingerprint density at radius 2 is 1.88 bits per heavy atom. The van der Waals surface area contributed by atoms with Crippen LogP contribution in [0.1, 0.15) is 32.1 Å². The summed E-state index contributed by atoms with van der Waals surface area (Å²) in [7, 11) is 0. The van der Waals surface area contributed by atoms with Crippen LogP contribution in [0.4, 0.5) is 10.1 Å². The number of nitrogens with one attached hydrogen (secondary N) is 1. The number of anilines is 1. The van der Waals surface area contributed by atoms with Crippen LogP contribution in [0.15, 0.2) is 24.3 Å². The number of aliphatic hydroxyl groups excluding tert-OH is 1. The molecule has 0 aromatic heterocycles. The lowest BCUT2D eigenvalue weighted by Gasteiger charge is -2.23. The summed E-state index contributed by atoms with van der Waals surface area (Å²) in [6, 6.07) is 6.61. The quantitative estimate of drug-likeness (QED) is 0.755. The average molecular weight is 223 g/mol. The van der Waals surface area contributed by atoms with Crippen LogP contribution >= 0.6 is 0 Å². The first-order valence-corrected chi connectivity index (χ1v) is 5.96. The third-order valence-electron chi connectivity index (χ3n) is 3.19. The summed E-state index contributed by atoms with van der Waals surface area (Å²) in [6.45, 7) is 0. The minimum absolute atomic E-state index is 0.0144. The maximum Gasteiger partial charge on any atom is 0.146 e. The summed E-state index contributed by atoms with van der Waals surface area (Å²) in [4.78, 5) is 0. The first kappa shape index (κ1) is 11.4. The van der Waals surface area contributed by atoms with Crippen molar-refractivity contribution in [1.82, 2.24) is 0 Å². The van der Waals surface area contributed by atoms with Crippen LogP contribution in [-0.4, -0.2) is 17.3 Å². The van der Waals surface area contributed by atoms with Gasteiger partial charge in [0.25, 0.3) is 0 Å². The van der Waals surface area contributed by atoms with Crippen molar-refractivity contribution in [2.75, 3.05) is 5.32 Å². The summed E-state index contributed by atoms with van der Waals surface area (Å²) >= 11 is 0. The van der Waals surface area contributed by atoms with E-state index in [1.165, 1.54) is 6.07 Å². The molecule has 0 radical (unpaired) electrons. The molecular formula is C13H18FNO. The molecule has 3 heteroatoms. The molecule has 2 N–H and O–H groups in total. The van der Waals surface area contributed by atoms with E-state index in [0.29, 0.717) is 5.69 Å². The van der Waals surface area contributed by atoms with Gasteiger partial charge in [-0.25, -0.2) is 4.39 Å². The molecule has 2 atom stereocenters. The minimum Gasteiger partial charge on any atom is -0.391 e. The lowest BCUT2D eigenvalue weighted by atomic mass is 10.1. The van der Waals surface area contributed by atoms with Gasteiger partial charge in [-0.15, -0.1) is 0 Å². The second-order valence-corrected chi connectivity index (χ2v) is 4.44. The van der Waals surface area contributed by atoms with E-state index < -0.39 is 0 Å². The van der Waals surface area contributed by atoms with Crippen molar-refractivity contribution < 1.29 is 9.50 Å². The van der Waals surface area contributed by atoms with Gasteiger partial charge in [0.2, 0.25) is 0 Å². The van der Waals surface area contributed by atoms with Crippen LogP contribution < -0.4 is 5.32 Å². The van der Waals surface area contributed by atoms with Gasteiger partial charge in [-0.05, 0) is 25.0 Å². The van der Waals surface area contributed by atoms with E-state index >= 15 is 0 Å². The summed E-state index contributed by atoms with van der Waals surface area (Å²) in [6.07, 6.45) is 4.69. The lowest BCUT2D eigenvalue weighted by Crippen LogP contribution is -2.32. The van der Waals surface area contributed by atoms with Gasteiger partial charge in [0.05, 0.1) is 17.8 Å². The van der Waals surface area contributed by atoms with Crippen molar-refractivity contribution in [3.63, 3.8) is 0 Å². The number of benzene rings is 1. The van der Waals surface area contributed by atoms with Gasteiger partial charge in [-0.2, -0.15) is 0 Å². The SMILES string of the molecule is OC1CCCCCC1Nc1ccccc1F. The fourth-order valence-corrected chi connectivity index (χ4v) is 2.23. The molecule has 2 rings (SSSR count). The van der Waals surface area contributed by atoms with Crippen molar-refractivity contribution in [3.8, 4) is 0 Å². The molecule has 88 valence electrons. The number of rotatable bonds is 2. The van der Waals surface area contributed by atoms with Gasteiger partial charge in [-0.3, -0.25) is 0 Å². The van der Waals surface area contributed by atoms with E-state index in [1.807, 2.05) is 0 Å². The van der Waals surface area contributed by atoms with Gasteiger partial charge in [-0.1, -0.05) is 31.4 Å². The molecule has 16 heavy (non-hydrogen) atoms. The lowest BCUT2D eigenvalue weighted by molar-refractivity contribution is 0.144. The Bertz CT molecular complexity index is 342. The van der Waals surface area contributed by atoms with Crippen LogP contribution in [-0.2, 0) is 0 Å². The second-order valence-electron chi connectivity index (χ2n) is 4.44. The molecule has 1 fully saturated rings. The van der Waals surface area contributed by atoms with Crippen LogP contribution in [0.3, 0.4) is 0 Å². The number of hydrogen-bond acceptors (Lipinski definition) is 2. The summed E-state index contributed by atoms with van der Waals surface area (Å²) in [5, 5.41) is 13.0. The standard InChI is InChI=1S/C13H18FNO/c14-10-6-4-5-7-11(10)15-12-8-2-1-3-9-13(12)16/h4-7,12-13,15-16H,1-3,8-9H2. The molecule has 0 amide bonds. The van der Waals surface area contributed by atoms with E-state index in [4.69, 9.17) is 0 Å². The van der Waals surface area contributed by atoms with E-state index in [1.54, 1.807) is 18.2 Å².